The second kappa shape index (κ2) is 4.57. The fourth-order valence-corrected chi connectivity index (χ4v) is 7.86. The molecule has 4 saturated carbocycles. The van der Waals surface area contributed by atoms with Crippen LogP contribution >= 0.6 is 0 Å². The molecule has 1 aliphatic heterocycles. The van der Waals surface area contributed by atoms with Crippen LogP contribution in [0, 0.1) is 47.3 Å². The quantitative estimate of drug-likeness (QED) is 0.500. The van der Waals surface area contributed by atoms with Crippen LogP contribution in [0.1, 0.15) is 33.1 Å². The molecule has 1 saturated heterocycles. The van der Waals surface area contributed by atoms with Crippen molar-refractivity contribution in [3.63, 3.8) is 0 Å². The number of hydrogen-bond donors (Lipinski definition) is 2. The molecular weight excluding hydrogens is 359 g/mol. The first kappa shape index (κ1) is 17.6. The summed E-state index contributed by atoms with van der Waals surface area (Å²) >= 11 is 0. The van der Waals surface area contributed by atoms with Gasteiger partial charge in [-0.25, -0.2) is 0 Å². The van der Waals surface area contributed by atoms with Gasteiger partial charge in [-0.3, -0.25) is 0 Å². The third kappa shape index (κ3) is 1.60. The number of rotatable bonds is 0. The van der Waals surface area contributed by atoms with Crippen molar-refractivity contribution in [1.29, 1.82) is 0 Å². The van der Waals surface area contributed by atoms with Gasteiger partial charge < -0.3 is 14.9 Å². The maximum atomic E-state index is 14.4. The first-order valence-corrected chi connectivity index (χ1v) is 9.42. The zero-order chi connectivity index (χ0) is 19.0. The van der Waals surface area contributed by atoms with Crippen LogP contribution in [0.3, 0.4) is 0 Å². The lowest BCUT2D eigenvalue weighted by atomic mass is 9.60. The van der Waals surface area contributed by atoms with Crippen molar-refractivity contribution in [1.82, 2.24) is 0 Å². The van der Waals surface area contributed by atoms with Gasteiger partial charge in [-0.15, -0.1) is 0 Å². The van der Waals surface area contributed by atoms with E-state index in [1.165, 1.54) is 0 Å². The summed E-state index contributed by atoms with van der Waals surface area (Å²) in [6.07, 6.45) is -6.87. The molecule has 0 radical (unpaired) electrons. The molecule has 11 unspecified atom stereocenters. The highest BCUT2D eigenvalue weighted by atomic mass is 19.4. The van der Waals surface area contributed by atoms with Crippen molar-refractivity contribution >= 4 is 0 Å². The van der Waals surface area contributed by atoms with Gasteiger partial charge in [0.2, 0.25) is 0 Å². The predicted octanol–water partition coefficient (Wildman–Crippen LogP) is 3.20. The van der Waals surface area contributed by atoms with Crippen LogP contribution in [-0.2, 0) is 4.74 Å². The molecule has 4 aliphatic carbocycles. The highest BCUT2D eigenvalue weighted by molar-refractivity contribution is 5.25. The minimum Gasteiger partial charge on any atom is -0.384 e. The zero-order valence-corrected chi connectivity index (χ0v) is 14.5. The van der Waals surface area contributed by atoms with Gasteiger partial charge >= 0.3 is 17.9 Å². The Morgan fingerprint density at radius 1 is 1.00 bits per heavy atom. The lowest BCUT2D eigenvalue weighted by Crippen LogP contribution is -2.59. The van der Waals surface area contributed by atoms with E-state index in [2.05, 4.69) is 13.8 Å². The van der Waals surface area contributed by atoms with Gasteiger partial charge in [-0.1, -0.05) is 13.8 Å². The van der Waals surface area contributed by atoms with Crippen LogP contribution in [0.5, 0.6) is 0 Å². The third-order valence-electron chi connectivity index (χ3n) is 8.91. The van der Waals surface area contributed by atoms with E-state index >= 15 is 0 Å². The summed E-state index contributed by atoms with van der Waals surface area (Å²) in [6.45, 7) is 4.32. The average Bonchev–Trinajstić information content (AvgIpc) is 3.26. The SMILES string of the molecule is CC1C(C)C2CC1C1C3CC(C21)C1(C3)OC(O)(C(F)(F)F)C(F)(F)C1O. The fourth-order valence-electron chi connectivity index (χ4n) is 7.86. The number of alkyl halides is 5. The Kier molecular flexibility index (Phi) is 3.09. The normalized spacial score (nSPS) is 62.4. The first-order valence-electron chi connectivity index (χ1n) is 9.42. The average molecular weight is 382 g/mol. The topological polar surface area (TPSA) is 49.7 Å². The summed E-state index contributed by atoms with van der Waals surface area (Å²) in [5, 5.41) is 20.1. The van der Waals surface area contributed by atoms with E-state index < -0.39 is 35.5 Å². The second-order valence-electron chi connectivity index (χ2n) is 9.47. The predicted molar refractivity (Wildman–Crippen MR) is 78.9 cm³/mol. The summed E-state index contributed by atoms with van der Waals surface area (Å²) in [6, 6.07) is 0. The molecule has 11 atom stereocenters. The maximum Gasteiger partial charge on any atom is 0.449 e. The Morgan fingerprint density at radius 2 is 1.58 bits per heavy atom. The standard InChI is InChI=1S/C18H23F5O3/c1-6-7(2)10-4-9(6)12-8-3-11(13(10)12)15(5-8)14(24)16(19,20)17(25,26-15)18(21,22)23/h6-14,24-25H,3-5H2,1-2H3. The minimum absolute atomic E-state index is 0.00554. The van der Waals surface area contributed by atoms with Crippen LogP contribution in [0.2, 0.25) is 0 Å². The monoisotopic (exact) mass is 382 g/mol. The molecule has 5 rings (SSSR count). The van der Waals surface area contributed by atoms with Gasteiger partial charge in [0.25, 0.3) is 0 Å². The van der Waals surface area contributed by atoms with E-state index in [0.717, 1.165) is 6.42 Å². The molecule has 5 fully saturated rings. The molecule has 26 heavy (non-hydrogen) atoms. The molecule has 5 aliphatic rings. The smallest absolute Gasteiger partial charge is 0.384 e. The first-order chi connectivity index (χ1) is 11.9. The molecule has 0 amide bonds. The number of aliphatic hydroxyl groups is 2. The van der Waals surface area contributed by atoms with Crippen molar-refractivity contribution < 1.29 is 36.9 Å². The summed E-state index contributed by atoms with van der Waals surface area (Å²) in [7, 11) is 0. The van der Waals surface area contributed by atoms with Crippen LogP contribution in [0.15, 0.2) is 0 Å². The molecule has 4 bridgehead atoms. The summed E-state index contributed by atoms with van der Waals surface area (Å²) in [5.74, 6) is -7.99. The van der Waals surface area contributed by atoms with Crippen molar-refractivity contribution in [2.75, 3.05) is 0 Å². The van der Waals surface area contributed by atoms with Gasteiger partial charge in [0.15, 0.2) is 6.10 Å². The second-order valence-corrected chi connectivity index (χ2v) is 9.47. The number of fused-ring (bicyclic) bond motifs is 10. The Hall–Kier alpha value is -0.470. The Bertz CT molecular complexity index is 653. The molecule has 1 heterocycles. The summed E-state index contributed by atoms with van der Waals surface area (Å²) in [5.41, 5.74) is -2.01. The van der Waals surface area contributed by atoms with Gasteiger partial charge in [-0.2, -0.15) is 22.0 Å². The van der Waals surface area contributed by atoms with Gasteiger partial charge in [0, 0.05) is 0 Å². The van der Waals surface area contributed by atoms with E-state index in [1.54, 1.807) is 0 Å². The van der Waals surface area contributed by atoms with Crippen molar-refractivity contribution in [2.45, 2.75) is 62.7 Å². The number of ether oxygens (including phenoxy) is 1. The number of halogens is 5. The van der Waals surface area contributed by atoms with Crippen LogP contribution in [-0.4, -0.2) is 39.8 Å². The molecular formula is C18H23F5O3. The van der Waals surface area contributed by atoms with Gasteiger partial charge in [-0.05, 0) is 66.6 Å². The lowest BCUT2D eigenvalue weighted by Gasteiger charge is -2.48. The number of hydrogen-bond acceptors (Lipinski definition) is 3. The van der Waals surface area contributed by atoms with E-state index in [0.29, 0.717) is 30.1 Å². The molecule has 0 aromatic rings. The maximum absolute atomic E-state index is 14.4. The third-order valence-corrected chi connectivity index (χ3v) is 8.91. The van der Waals surface area contributed by atoms with E-state index in [1.807, 2.05) is 0 Å². The van der Waals surface area contributed by atoms with Gasteiger partial charge in [0.1, 0.15) is 5.60 Å². The highest BCUT2D eigenvalue weighted by Crippen LogP contribution is 2.75. The minimum atomic E-state index is -5.68. The summed E-state index contributed by atoms with van der Waals surface area (Å²) in [4.78, 5) is 0. The molecule has 3 nitrogen and oxygen atoms in total. The Morgan fingerprint density at radius 3 is 2.12 bits per heavy atom. The Labute approximate surface area is 147 Å². The molecule has 0 aromatic heterocycles. The van der Waals surface area contributed by atoms with Crippen LogP contribution < -0.4 is 0 Å². The van der Waals surface area contributed by atoms with Crippen molar-refractivity contribution in [2.24, 2.45) is 47.3 Å². The van der Waals surface area contributed by atoms with E-state index in [4.69, 9.17) is 4.74 Å². The van der Waals surface area contributed by atoms with Crippen molar-refractivity contribution in [3.8, 4) is 0 Å². The van der Waals surface area contributed by atoms with E-state index in [9.17, 15) is 32.2 Å². The molecule has 8 heteroatoms. The largest absolute Gasteiger partial charge is 0.449 e. The van der Waals surface area contributed by atoms with E-state index in [-0.39, 0.29) is 24.2 Å². The highest BCUT2D eigenvalue weighted by Gasteiger charge is 2.87. The lowest BCUT2D eigenvalue weighted by molar-refractivity contribution is -0.417. The molecule has 0 aromatic carbocycles. The van der Waals surface area contributed by atoms with Gasteiger partial charge in [0.05, 0.1) is 0 Å². The van der Waals surface area contributed by atoms with Crippen molar-refractivity contribution in [3.05, 3.63) is 0 Å². The Balaban J connectivity index is 1.55. The molecule has 2 N–H and O–H groups in total. The van der Waals surface area contributed by atoms with Crippen LogP contribution in [0.25, 0.3) is 0 Å². The number of aliphatic hydroxyl groups excluding tert-OH is 1. The zero-order valence-electron chi connectivity index (χ0n) is 14.5. The molecule has 148 valence electrons. The molecule has 1 spiro atoms. The fraction of sp³-hybridized carbons (Fsp3) is 1.00. The van der Waals surface area contributed by atoms with Crippen LogP contribution in [0.4, 0.5) is 22.0 Å². The summed E-state index contributed by atoms with van der Waals surface area (Å²) < 4.78 is 73.5.